The Kier molecular flexibility index (Phi) is 5.13. The minimum Gasteiger partial charge on any atom is -0.456 e. The third-order valence-electron chi connectivity index (χ3n) is 6.04. The topological polar surface area (TPSA) is 115 Å². The number of nitrogens with zero attached hydrogens (tertiary/aromatic N) is 3. The van der Waals surface area contributed by atoms with Crippen LogP contribution in [0, 0.1) is 0 Å². The summed E-state index contributed by atoms with van der Waals surface area (Å²) in [5.74, 6) is -1.01. The molecule has 0 bridgehead atoms. The normalized spacial score (nSPS) is 16.6. The van der Waals surface area contributed by atoms with Crippen LogP contribution in [0.2, 0.25) is 0 Å². The first kappa shape index (κ1) is 20.6. The summed E-state index contributed by atoms with van der Waals surface area (Å²) in [5.41, 5.74) is 8.07. The molecule has 0 radical (unpaired) electrons. The summed E-state index contributed by atoms with van der Waals surface area (Å²) in [6.45, 7) is 1.29. The zero-order valence-electron chi connectivity index (χ0n) is 17.6. The standard InChI is InChI=1S/C23H22N4O4S/c1-12(27-21(28)13-7-5-6-8-14(13)22(27)29)23(30)31-11-17-25-19(24)18-15-9-3-2-4-10-16(15)32-20(18)26-17/h5-8,12H,2-4,9-11H2,1H3,(H2,24,25,26). The zero-order chi connectivity index (χ0) is 22.4. The molecule has 2 amide bonds. The van der Waals surface area contributed by atoms with Gasteiger partial charge >= 0.3 is 5.97 Å². The number of carbonyl (C=O) groups excluding carboxylic acids is 3. The smallest absolute Gasteiger partial charge is 0.329 e. The van der Waals surface area contributed by atoms with Crippen molar-refractivity contribution >= 4 is 45.2 Å². The summed E-state index contributed by atoms with van der Waals surface area (Å²) in [6, 6.07) is 5.43. The van der Waals surface area contributed by atoms with Gasteiger partial charge in [0.25, 0.3) is 11.8 Å². The molecule has 3 heterocycles. The lowest BCUT2D eigenvalue weighted by Gasteiger charge is -2.20. The second-order valence-corrected chi connectivity index (χ2v) is 9.16. The van der Waals surface area contributed by atoms with E-state index in [1.807, 2.05) is 0 Å². The van der Waals surface area contributed by atoms with Gasteiger partial charge in [-0.2, -0.15) is 0 Å². The molecule has 1 aliphatic heterocycles. The number of nitrogens with two attached hydrogens (primary N) is 1. The van der Waals surface area contributed by atoms with Crippen molar-refractivity contribution in [1.29, 1.82) is 0 Å². The Bertz CT molecular complexity index is 1230. The average Bonchev–Trinajstić information content (AvgIpc) is 3.15. The van der Waals surface area contributed by atoms with Gasteiger partial charge in [0.2, 0.25) is 0 Å². The van der Waals surface area contributed by atoms with E-state index in [0.717, 1.165) is 40.8 Å². The number of carbonyl (C=O) groups is 3. The fourth-order valence-corrected chi connectivity index (χ4v) is 5.68. The van der Waals surface area contributed by atoms with Gasteiger partial charge in [-0.1, -0.05) is 18.6 Å². The first-order valence-electron chi connectivity index (χ1n) is 10.7. The number of esters is 1. The van der Waals surface area contributed by atoms with E-state index in [9.17, 15) is 14.4 Å². The third-order valence-corrected chi connectivity index (χ3v) is 7.22. The Hall–Kier alpha value is -3.33. The number of fused-ring (bicyclic) bond motifs is 4. The highest BCUT2D eigenvalue weighted by atomic mass is 32.1. The molecule has 1 aliphatic carbocycles. The molecule has 2 aromatic heterocycles. The molecule has 1 atom stereocenters. The maximum Gasteiger partial charge on any atom is 0.329 e. The molecule has 32 heavy (non-hydrogen) atoms. The van der Waals surface area contributed by atoms with Crippen LogP contribution in [0.15, 0.2) is 24.3 Å². The Morgan fingerprint density at radius 2 is 1.81 bits per heavy atom. The Morgan fingerprint density at radius 1 is 1.12 bits per heavy atom. The molecular weight excluding hydrogens is 428 g/mol. The summed E-state index contributed by atoms with van der Waals surface area (Å²) in [4.78, 5) is 49.8. The predicted molar refractivity (Wildman–Crippen MR) is 119 cm³/mol. The number of nitrogen functional groups attached to an aromatic ring is 1. The van der Waals surface area contributed by atoms with Crippen LogP contribution in [-0.4, -0.2) is 38.7 Å². The van der Waals surface area contributed by atoms with Crippen LogP contribution in [0.25, 0.3) is 10.2 Å². The number of aromatic nitrogens is 2. The van der Waals surface area contributed by atoms with Crippen LogP contribution >= 0.6 is 11.3 Å². The van der Waals surface area contributed by atoms with Crippen molar-refractivity contribution < 1.29 is 19.1 Å². The summed E-state index contributed by atoms with van der Waals surface area (Å²) in [5, 5.41) is 0.918. The highest BCUT2D eigenvalue weighted by Gasteiger charge is 2.41. The Balaban J connectivity index is 1.32. The lowest BCUT2D eigenvalue weighted by atomic mass is 10.1. The number of amides is 2. The first-order chi connectivity index (χ1) is 15.5. The van der Waals surface area contributed by atoms with E-state index in [1.165, 1.54) is 23.8 Å². The molecular formula is C23H22N4O4S. The van der Waals surface area contributed by atoms with Crippen molar-refractivity contribution in [1.82, 2.24) is 14.9 Å². The van der Waals surface area contributed by atoms with E-state index < -0.39 is 23.8 Å². The van der Waals surface area contributed by atoms with Gasteiger partial charge in [-0.05, 0) is 50.3 Å². The number of thiophene rings is 1. The van der Waals surface area contributed by atoms with Crippen molar-refractivity contribution in [2.75, 3.05) is 5.73 Å². The molecule has 0 saturated carbocycles. The maximum absolute atomic E-state index is 12.6. The Labute approximate surface area is 188 Å². The Morgan fingerprint density at radius 3 is 2.53 bits per heavy atom. The first-order valence-corrected chi connectivity index (χ1v) is 11.5. The number of benzene rings is 1. The molecule has 0 saturated heterocycles. The highest BCUT2D eigenvalue weighted by Crippen LogP contribution is 2.37. The minimum absolute atomic E-state index is 0.185. The molecule has 0 fully saturated rings. The molecule has 1 unspecified atom stereocenters. The van der Waals surface area contributed by atoms with Crippen molar-refractivity contribution in [3.05, 3.63) is 51.7 Å². The van der Waals surface area contributed by atoms with Gasteiger partial charge in [0.05, 0.1) is 16.5 Å². The number of hydrogen-bond acceptors (Lipinski definition) is 8. The number of ether oxygens (including phenoxy) is 1. The van der Waals surface area contributed by atoms with Gasteiger partial charge in [0, 0.05) is 4.88 Å². The van der Waals surface area contributed by atoms with E-state index in [0.29, 0.717) is 11.6 Å². The number of imide groups is 1. The fourth-order valence-electron chi connectivity index (χ4n) is 4.39. The SMILES string of the molecule is CC(C(=O)OCc1nc(N)c2c3c(sc2n1)CCCCC3)N1C(=O)c2ccccc2C1=O. The number of anilines is 1. The largest absolute Gasteiger partial charge is 0.456 e. The van der Waals surface area contributed by atoms with E-state index in [4.69, 9.17) is 10.5 Å². The van der Waals surface area contributed by atoms with Gasteiger partial charge in [-0.15, -0.1) is 11.3 Å². The fraction of sp³-hybridized carbons (Fsp3) is 0.348. The average molecular weight is 451 g/mol. The molecule has 3 aromatic rings. The van der Waals surface area contributed by atoms with E-state index in [2.05, 4.69) is 9.97 Å². The summed E-state index contributed by atoms with van der Waals surface area (Å²) in [7, 11) is 0. The monoisotopic (exact) mass is 450 g/mol. The molecule has 1 aromatic carbocycles. The van der Waals surface area contributed by atoms with Gasteiger partial charge in [0.15, 0.2) is 12.4 Å². The van der Waals surface area contributed by atoms with Gasteiger partial charge in [0.1, 0.15) is 16.7 Å². The highest BCUT2D eigenvalue weighted by molar-refractivity contribution is 7.19. The van der Waals surface area contributed by atoms with E-state index in [-0.39, 0.29) is 17.7 Å². The van der Waals surface area contributed by atoms with Crippen molar-refractivity contribution in [3.8, 4) is 0 Å². The molecule has 9 heteroatoms. The number of rotatable bonds is 4. The van der Waals surface area contributed by atoms with Crippen LogP contribution in [0.3, 0.4) is 0 Å². The van der Waals surface area contributed by atoms with Crippen LogP contribution in [0.4, 0.5) is 5.82 Å². The van der Waals surface area contributed by atoms with Gasteiger partial charge in [-0.25, -0.2) is 14.8 Å². The zero-order valence-corrected chi connectivity index (χ0v) is 18.4. The molecule has 164 valence electrons. The minimum atomic E-state index is -1.07. The summed E-state index contributed by atoms with van der Waals surface area (Å²) >= 11 is 1.63. The second-order valence-electron chi connectivity index (χ2n) is 8.08. The maximum atomic E-state index is 12.6. The summed E-state index contributed by atoms with van der Waals surface area (Å²) < 4.78 is 5.36. The summed E-state index contributed by atoms with van der Waals surface area (Å²) in [6.07, 6.45) is 5.51. The lowest BCUT2D eigenvalue weighted by Crippen LogP contribution is -2.43. The van der Waals surface area contributed by atoms with E-state index in [1.54, 1.807) is 35.6 Å². The lowest BCUT2D eigenvalue weighted by molar-refractivity contribution is -0.149. The van der Waals surface area contributed by atoms with Crippen LogP contribution in [-0.2, 0) is 29.0 Å². The van der Waals surface area contributed by atoms with Crippen LogP contribution in [0.1, 0.15) is 63.2 Å². The third kappa shape index (κ3) is 3.33. The van der Waals surface area contributed by atoms with Crippen molar-refractivity contribution in [3.63, 3.8) is 0 Å². The van der Waals surface area contributed by atoms with Crippen LogP contribution in [0.5, 0.6) is 0 Å². The van der Waals surface area contributed by atoms with Crippen molar-refractivity contribution in [2.24, 2.45) is 0 Å². The molecule has 2 aliphatic rings. The molecule has 8 nitrogen and oxygen atoms in total. The predicted octanol–water partition coefficient (Wildman–Crippen LogP) is 3.27. The number of hydrogen-bond donors (Lipinski definition) is 1. The molecule has 5 rings (SSSR count). The van der Waals surface area contributed by atoms with E-state index >= 15 is 0 Å². The quantitative estimate of drug-likeness (QED) is 0.368. The number of aryl methyl sites for hydroxylation is 2. The molecule has 2 N–H and O–H groups in total. The van der Waals surface area contributed by atoms with Crippen molar-refractivity contribution in [2.45, 2.75) is 51.7 Å². The van der Waals surface area contributed by atoms with Crippen LogP contribution < -0.4 is 5.73 Å². The second kappa shape index (κ2) is 7.98. The van der Waals surface area contributed by atoms with Gasteiger partial charge < -0.3 is 10.5 Å². The van der Waals surface area contributed by atoms with Gasteiger partial charge in [-0.3, -0.25) is 14.5 Å². The molecule has 0 spiro atoms.